The second-order valence-electron chi connectivity index (χ2n) is 8.67. The zero-order valence-electron chi connectivity index (χ0n) is 20.7. The summed E-state index contributed by atoms with van der Waals surface area (Å²) in [6.45, 7) is 0.818. The topological polar surface area (TPSA) is 89.1 Å². The van der Waals surface area contributed by atoms with E-state index in [1.54, 1.807) is 56.6 Å². The maximum atomic E-state index is 13.4. The minimum Gasteiger partial charge on any atom is -0.497 e. The molecule has 0 bridgehead atoms. The van der Waals surface area contributed by atoms with Crippen LogP contribution in [0.4, 0.5) is 16.2 Å². The fourth-order valence-corrected chi connectivity index (χ4v) is 4.48. The summed E-state index contributed by atoms with van der Waals surface area (Å²) in [7, 11) is 4.69. The number of methoxy groups -OCH3 is 3. The number of amides is 3. The van der Waals surface area contributed by atoms with Crippen LogP contribution in [0, 0.1) is 5.92 Å². The van der Waals surface area contributed by atoms with Crippen LogP contribution in [0.15, 0.2) is 72.8 Å². The monoisotopic (exact) mass is 489 g/mol. The highest BCUT2D eigenvalue weighted by atomic mass is 16.5. The fraction of sp³-hybridized carbons (Fsp3) is 0.286. The van der Waals surface area contributed by atoms with Gasteiger partial charge in [-0.1, -0.05) is 36.4 Å². The Bertz CT molecular complexity index is 1200. The molecule has 3 aromatic carbocycles. The van der Waals surface area contributed by atoms with E-state index in [2.05, 4.69) is 10.6 Å². The van der Waals surface area contributed by atoms with Crippen molar-refractivity contribution < 1.29 is 23.8 Å². The van der Waals surface area contributed by atoms with E-state index in [1.165, 1.54) is 0 Å². The molecule has 0 aliphatic carbocycles. The third-order valence-electron chi connectivity index (χ3n) is 6.35. The van der Waals surface area contributed by atoms with Crippen LogP contribution in [0.3, 0.4) is 0 Å². The standard InChI is InChI=1S/C28H31N3O5/c1-34-24-11-7-10-22(15-24)30-28(33)31-17-20(19-8-5-4-6-9-19)14-21(18-31)27(32)29-23-12-13-25(35-2)26(16-23)36-3/h4-13,15-16,20-21H,14,17-18H2,1-3H3,(H,29,32)(H,30,33). The zero-order valence-corrected chi connectivity index (χ0v) is 20.7. The number of piperidine rings is 1. The molecular formula is C28H31N3O5. The molecule has 1 saturated heterocycles. The van der Waals surface area contributed by atoms with Gasteiger partial charge in [-0.15, -0.1) is 0 Å². The Kier molecular flexibility index (Phi) is 7.95. The van der Waals surface area contributed by atoms with Crippen LogP contribution >= 0.6 is 0 Å². The first-order valence-electron chi connectivity index (χ1n) is 11.8. The van der Waals surface area contributed by atoms with Gasteiger partial charge in [-0.25, -0.2) is 4.79 Å². The number of nitrogens with zero attached hydrogens (tertiary/aromatic N) is 1. The molecule has 4 rings (SSSR count). The van der Waals surface area contributed by atoms with Crippen molar-refractivity contribution in [1.82, 2.24) is 4.90 Å². The quantitative estimate of drug-likeness (QED) is 0.488. The maximum absolute atomic E-state index is 13.4. The second-order valence-corrected chi connectivity index (χ2v) is 8.67. The van der Waals surface area contributed by atoms with Crippen LogP contribution in [0.5, 0.6) is 17.2 Å². The van der Waals surface area contributed by atoms with Crippen molar-refractivity contribution in [2.45, 2.75) is 12.3 Å². The minimum atomic E-state index is -0.395. The summed E-state index contributed by atoms with van der Waals surface area (Å²) < 4.78 is 15.9. The molecular weight excluding hydrogens is 458 g/mol. The number of benzene rings is 3. The van der Waals surface area contributed by atoms with Crippen LogP contribution in [0.25, 0.3) is 0 Å². The SMILES string of the molecule is COc1cccc(NC(=O)N2CC(C(=O)Nc3ccc(OC)c(OC)c3)CC(c3ccccc3)C2)c1. The van der Waals surface area contributed by atoms with E-state index >= 15 is 0 Å². The van der Waals surface area contributed by atoms with Gasteiger partial charge in [-0.05, 0) is 36.2 Å². The van der Waals surface area contributed by atoms with Gasteiger partial charge >= 0.3 is 6.03 Å². The lowest BCUT2D eigenvalue weighted by molar-refractivity contribution is -0.121. The van der Waals surface area contributed by atoms with Gasteiger partial charge < -0.3 is 29.7 Å². The number of anilines is 2. The Morgan fingerprint density at radius 3 is 2.25 bits per heavy atom. The largest absolute Gasteiger partial charge is 0.497 e. The lowest BCUT2D eigenvalue weighted by atomic mass is 9.84. The predicted octanol–water partition coefficient (Wildman–Crippen LogP) is 4.99. The molecule has 1 heterocycles. The number of nitrogens with one attached hydrogen (secondary N) is 2. The van der Waals surface area contributed by atoms with E-state index in [9.17, 15) is 9.59 Å². The molecule has 0 aromatic heterocycles. The van der Waals surface area contributed by atoms with Crippen LogP contribution in [-0.4, -0.2) is 51.3 Å². The Morgan fingerprint density at radius 2 is 1.53 bits per heavy atom. The molecule has 1 aliphatic heterocycles. The number of likely N-dealkylation sites (tertiary alicyclic amines) is 1. The van der Waals surface area contributed by atoms with Crippen LogP contribution in [-0.2, 0) is 4.79 Å². The molecule has 2 unspecified atom stereocenters. The number of rotatable bonds is 7. The normalized spacial score (nSPS) is 17.1. The second kappa shape index (κ2) is 11.5. The first-order valence-corrected chi connectivity index (χ1v) is 11.8. The van der Waals surface area contributed by atoms with Crippen molar-refractivity contribution in [2.75, 3.05) is 45.1 Å². The summed E-state index contributed by atoms with van der Waals surface area (Å²) in [6.07, 6.45) is 0.631. The summed E-state index contributed by atoms with van der Waals surface area (Å²) in [6, 6.07) is 22.2. The predicted molar refractivity (Wildman–Crippen MR) is 139 cm³/mol. The summed E-state index contributed by atoms with van der Waals surface area (Å²) in [5.41, 5.74) is 2.33. The van der Waals surface area contributed by atoms with Crippen molar-refractivity contribution in [1.29, 1.82) is 0 Å². The number of urea groups is 1. The summed E-state index contributed by atoms with van der Waals surface area (Å²) in [5, 5.41) is 5.92. The summed E-state index contributed by atoms with van der Waals surface area (Å²) >= 11 is 0. The number of carbonyl (C=O) groups is 2. The minimum absolute atomic E-state index is 0.0252. The summed E-state index contributed by atoms with van der Waals surface area (Å²) in [5.74, 6) is 1.24. The average Bonchev–Trinajstić information content (AvgIpc) is 2.93. The molecule has 8 nitrogen and oxygen atoms in total. The van der Waals surface area contributed by atoms with Crippen LogP contribution < -0.4 is 24.8 Å². The van der Waals surface area contributed by atoms with E-state index in [-0.39, 0.29) is 17.9 Å². The first-order chi connectivity index (χ1) is 17.5. The van der Waals surface area contributed by atoms with Gasteiger partial charge in [0.2, 0.25) is 5.91 Å². The Labute approximate surface area is 211 Å². The van der Waals surface area contributed by atoms with Gasteiger partial charge in [0.1, 0.15) is 5.75 Å². The smallest absolute Gasteiger partial charge is 0.321 e. The lowest BCUT2D eigenvalue weighted by Gasteiger charge is -2.37. The van der Waals surface area contributed by atoms with Crippen LogP contribution in [0.2, 0.25) is 0 Å². The molecule has 188 valence electrons. The zero-order chi connectivity index (χ0) is 25.5. The van der Waals surface area contributed by atoms with Crippen molar-refractivity contribution >= 4 is 23.3 Å². The highest BCUT2D eigenvalue weighted by molar-refractivity contribution is 5.94. The fourth-order valence-electron chi connectivity index (χ4n) is 4.48. The van der Waals surface area contributed by atoms with Crippen molar-refractivity contribution in [2.24, 2.45) is 5.92 Å². The van der Waals surface area contributed by atoms with Crippen molar-refractivity contribution in [3.05, 3.63) is 78.4 Å². The van der Waals surface area contributed by atoms with Gasteiger partial charge in [-0.3, -0.25) is 4.79 Å². The average molecular weight is 490 g/mol. The number of hydrogen-bond acceptors (Lipinski definition) is 5. The van der Waals surface area contributed by atoms with Gasteiger partial charge in [0, 0.05) is 42.5 Å². The van der Waals surface area contributed by atoms with E-state index in [4.69, 9.17) is 14.2 Å². The number of carbonyl (C=O) groups excluding carboxylic acids is 2. The molecule has 1 aliphatic rings. The third-order valence-corrected chi connectivity index (χ3v) is 6.35. The van der Waals surface area contributed by atoms with Gasteiger partial charge in [0.15, 0.2) is 11.5 Å². The molecule has 3 aromatic rings. The molecule has 2 N–H and O–H groups in total. The molecule has 2 atom stereocenters. The third kappa shape index (κ3) is 5.89. The van der Waals surface area contributed by atoms with Gasteiger partial charge in [-0.2, -0.15) is 0 Å². The number of hydrogen-bond donors (Lipinski definition) is 2. The Balaban J connectivity index is 1.53. The van der Waals surface area contributed by atoms with E-state index < -0.39 is 5.92 Å². The molecule has 1 fully saturated rings. The van der Waals surface area contributed by atoms with E-state index in [0.29, 0.717) is 48.1 Å². The molecule has 8 heteroatoms. The van der Waals surface area contributed by atoms with E-state index in [1.807, 2.05) is 42.5 Å². The van der Waals surface area contributed by atoms with Gasteiger partial charge in [0.25, 0.3) is 0 Å². The Hall–Kier alpha value is -4.20. The highest BCUT2D eigenvalue weighted by Gasteiger charge is 2.34. The number of ether oxygens (including phenoxy) is 3. The highest BCUT2D eigenvalue weighted by Crippen LogP contribution is 2.33. The van der Waals surface area contributed by atoms with Crippen molar-refractivity contribution in [3.63, 3.8) is 0 Å². The Morgan fingerprint density at radius 1 is 0.778 bits per heavy atom. The van der Waals surface area contributed by atoms with E-state index in [0.717, 1.165) is 5.56 Å². The molecule has 0 spiro atoms. The van der Waals surface area contributed by atoms with Crippen LogP contribution in [0.1, 0.15) is 17.9 Å². The van der Waals surface area contributed by atoms with Crippen molar-refractivity contribution in [3.8, 4) is 17.2 Å². The lowest BCUT2D eigenvalue weighted by Crippen LogP contribution is -2.48. The maximum Gasteiger partial charge on any atom is 0.321 e. The molecule has 0 radical (unpaired) electrons. The first kappa shape index (κ1) is 24.9. The molecule has 36 heavy (non-hydrogen) atoms. The molecule has 0 saturated carbocycles. The van der Waals surface area contributed by atoms with Gasteiger partial charge in [0.05, 0.1) is 27.2 Å². The molecule has 3 amide bonds. The summed E-state index contributed by atoms with van der Waals surface area (Å²) in [4.78, 5) is 28.3.